The molecule has 0 bridgehead atoms. The van der Waals surface area contributed by atoms with Gasteiger partial charge in [0.2, 0.25) is 0 Å². The number of hydrogen-bond donors (Lipinski definition) is 0. The third kappa shape index (κ3) is 3.46. The van der Waals surface area contributed by atoms with Crippen molar-refractivity contribution in [2.75, 3.05) is 7.11 Å². The number of carbonyl (C=O) groups is 1. The van der Waals surface area contributed by atoms with Crippen LogP contribution in [0.25, 0.3) is 10.2 Å². The van der Waals surface area contributed by atoms with Crippen LogP contribution in [-0.2, 0) is 17.8 Å². The lowest BCUT2D eigenvalue weighted by molar-refractivity contribution is -0.117. The van der Waals surface area contributed by atoms with Gasteiger partial charge in [0.05, 0.1) is 23.7 Å². The fourth-order valence-electron chi connectivity index (χ4n) is 2.48. The van der Waals surface area contributed by atoms with E-state index in [1.807, 2.05) is 59.2 Å². The average molecular weight is 338 g/mol. The van der Waals surface area contributed by atoms with Crippen LogP contribution in [0.4, 0.5) is 0 Å². The van der Waals surface area contributed by atoms with Crippen LogP contribution in [0.1, 0.15) is 5.56 Å². The second-order valence-electron chi connectivity index (χ2n) is 5.28. The molecule has 0 unspecified atom stereocenters. The SMILES string of the molecule is C=CCn1c(=NC(=O)Cc2ccc(OC)cc2)sc2ccccc21. The number of rotatable bonds is 5. The van der Waals surface area contributed by atoms with Crippen LogP contribution in [-0.4, -0.2) is 17.6 Å². The summed E-state index contributed by atoms with van der Waals surface area (Å²) in [6, 6.07) is 15.5. The van der Waals surface area contributed by atoms with Crippen molar-refractivity contribution >= 4 is 27.5 Å². The highest BCUT2D eigenvalue weighted by atomic mass is 32.1. The van der Waals surface area contributed by atoms with Gasteiger partial charge in [0.25, 0.3) is 5.91 Å². The van der Waals surface area contributed by atoms with Gasteiger partial charge in [0.15, 0.2) is 4.80 Å². The molecule has 0 saturated heterocycles. The van der Waals surface area contributed by atoms with E-state index in [-0.39, 0.29) is 12.3 Å². The zero-order valence-corrected chi connectivity index (χ0v) is 14.3. The Kier molecular flexibility index (Phi) is 4.91. The van der Waals surface area contributed by atoms with Gasteiger partial charge in [-0.25, -0.2) is 0 Å². The molecule has 0 radical (unpaired) electrons. The van der Waals surface area contributed by atoms with E-state index in [1.54, 1.807) is 7.11 Å². The summed E-state index contributed by atoms with van der Waals surface area (Å²) in [6.45, 7) is 4.42. The van der Waals surface area contributed by atoms with Gasteiger partial charge in [-0.2, -0.15) is 4.99 Å². The molecule has 0 N–H and O–H groups in total. The van der Waals surface area contributed by atoms with Crippen LogP contribution < -0.4 is 9.54 Å². The molecular weight excluding hydrogens is 320 g/mol. The Morgan fingerprint density at radius 1 is 1.25 bits per heavy atom. The molecule has 24 heavy (non-hydrogen) atoms. The number of benzene rings is 2. The lowest BCUT2D eigenvalue weighted by Gasteiger charge is -2.02. The zero-order valence-electron chi connectivity index (χ0n) is 13.4. The van der Waals surface area contributed by atoms with Gasteiger partial charge in [-0.3, -0.25) is 4.79 Å². The predicted octanol–water partition coefficient (Wildman–Crippen LogP) is 3.57. The Morgan fingerprint density at radius 2 is 2.00 bits per heavy atom. The van der Waals surface area contributed by atoms with Crippen molar-refractivity contribution in [3.63, 3.8) is 0 Å². The van der Waals surface area contributed by atoms with E-state index in [4.69, 9.17) is 4.74 Å². The number of nitrogens with zero attached hydrogens (tertiary/aromatic N) is 2. The third-order valence-electron chi connectivity index (χ3n) is 3.63. The molecule has 4 nitrogen and oxygen atoms in total. The largest absolute Gasteiger partial charge is 0.497 e. The minimum Gasteiger partial charge on any atom is -0.497 e. The van der Waals surface area contributed by atoms with Crippen LogP contribution >= 0.6 is 11.3 Å². The predicted molar refractivity (Wildman–Crippen MR) is 97.3 cm³/mol. The molecule has 0 aliphatic carbocycles. The Balaban J connectivity index is 1.91. The molecule has 0 fully saturated rings. The van der Waals surface area contributed by atoms with E-state index in [2.05, 4.69) is 11.6 Å². The maximum Gasteiger partial charge on any atom is 0.252 e. The standard InChI is InChI=1S/C19H18N2O2S/c1-3-12-21-16-6-4-5-7-17(16)24-19(21)20-18(22)13-14-8-10-15(23-2)11-9-14/h3-11H,1,12-13H2,2H3. The summed E-state index contributed by atoms with van der Waals surface area (Å²) in [5.41, 5.74) is 1.99. The van der Waals surface area contributed by atoms with Crippen molar-refractivity contribution in [1.29, 1.82) is 0 Å². The zero-order chi connectivity index (χ0) is 16.9. The molecule has 1 heterocycles. The van der Waals surface area contributed by atoms with Crippen LogP contribution in [0.2, 0.25) is 0 Å². The Morgan fingerprint density at radius 3 is 2.71 bits per heavy atom. The Labute approximate surface area is 144 Å². The van der Waals surface area contributed by atoms with Gasteiger partial charge < -0.3 is 9.30 Å². The van der Waals surface area contributed by atoms with Gasteiger partial charge in [-0.05, 0) is 29.8 Å². The molecule has 3 rings (SSSR count). The van der Waals surface area contributed by atoms with Gasteiger partial charge in [-0.1, -0.05) is 41.7 Å². The second kappa shape index (κ2) is 7.27. The monoisotopic (exact) mass is 338 g/mol. The number of methoxy groups -OCH3 is 1. The minimum atomic E-state index is -0.162. The van der Waals surface area contributed by atoms with E-state index in [0.717, 1.165) is 21.5 Å². The van der Waals surface area contributed by atoms with Crippen molar-refractivity contribution in [1.82, 2.24) is 4.57 Å². The van der Waals surface area contributed by atoms with Crippen molar-refractivity contribution in [2.45, 2.75) is 13.0 Å². The molecule has 0 spiro atoms. The highest BCUT2D eigenvalue weighted by Gasteiger charge is 2.07. The minimum absolute atomic E-state index is 0.162. The molecule has 0 saturated carbocycles. The summed E-state index contributed by atoms with van der Waals surface area (Å²) >= 11 is 1.52. The number of hydrogen-bond acceptors (Lipinski definition) is 3. The Hall–Kier alpha value is -2.66. The van der Waals surface area contributed by atoms with E-state index in [1.165, 1.54) is 11.3 Å². The number of allylic oxidation sites excluding steroid dienone is 1. The maximum absolute atomic E-state index is 12.3. The first-order chi connectivity index (χ1) is 11.7. The summed E-state index contributed by atoms with van der Waals surface area (Å²) in [7, 11) is 1.62. The van der Waals surface area contributed by atoms with Crippen LogP contribution in [0.15, 0.2) is 66.2 Å². The van der Waals surface area contributed by atoms with Crippen molar-refractivity contribution in [2.24, 2.45) is 4.99 Å². The van der Waals surface area contributed by atoms with Gasteiger partial charge >= 0.3 is 0 Å². The number of amides is 1. The summed E-state index contributed by atoms with van der Waals surface area (Å²) in [4.78, 5) is 17.4. The van der Waals surface area contributed by atoms with Gasteiger partial charge in [0, 0.05) is 6.54 Å². The molecule has 5 heteroatoms. The third-order valence-corrected chi connectivity index (χ3v) is 4.69. The number of fused-ring (bicyclic) bond motifs is 1. The quantitative estimate of drug-likeness (QED) is 0.668. The number of thiazole rings is 1. The first kappa shape index (κ1) is 16.2. The number of ether oxygens (including phenoxy) is 1. The molecule has 0 atom stereocenters. The van der Waals surface area contributed by atoms with Crippen LogP contribution in [0, 0.1) is 0 Å². The summed E-state index contributed by atoms with van der Waals surface area (Å²) < 4.78 is 8.25. The first-order valence-electron chi connectivity index (χ1n) is 7.61. The lowest BCUT2D eigenvalue weighted by Crippen LogP contribution is -2.16. The number of carbonyl (C=O) groups excluding carboxylic acids is 1. The van der Waals surface area contributed by atoms with Crippen LogP contribution in [0.5, 0.6) is 5.75 Å². The normalized spacial score (nSPS) is 11.6. The van der Waals surface area contributed by atoms with Crippen molar-refractivity contribution < 1.29 is 9.53 Å². The molecule has 1 amide bonds. The molecule has 122 valence electrons. The van der Waals surface area contributed by atoms with Gasteiger partial charge in [0.1, 0.15) is 5.75 Å². The summed E-state index contributed by atoms with van der Waals surface area (Å²) in [5, 5.41) is 0. The Bertz CT molecular complexity index is 936. The van der Waals surface area contributed by atoms with E-state index in [0.29, 0.717) is 11.3 Å². The molecule has 2 aromatic carbocycles. The molecular formula is C19H18N2O2S. The topological polar surface area (TPSA) is 43.6 Å². The number of para-hydroxylation sites is 1. The molecule has 3 aromatic rings. The number of aromatic nitrogens is 1. The van der Waals surface area contributed by atoms with E-state index in [9.17, 15) is 4.79 Å². The summed E-state index contributed by atoms with van der Waals surface area (Å²) in [6.07, 6.45) is 2.08. The van der Waals surface area contributed by atoms with Crippen molar-refractivity contribution in [3.8, 4) is 5.75 Å². The highest BCUT2D eigenvalue weighted by molar-refractivity contribution is 7.16. The molecule has 0 aliphatic heterocycles. The summed E-state index contributed by atoms with van der Waals surface area (Å²) in [5.74, 6) is 0.612. The van der Waals surface area contributed by atoms with E-state index < -0.39 is 0 Å². The highest BCUT2D eigenvalue weighted by Crippen LogP contribution is 2.17. The van der Waals surface area contributed by atoms with Crippen molar-refractivity contribution in [3.05, 3.63) is 71.6 Å². The fraction of sp³-hybridized carbons (Fsp3) is 0.158. The molecule has 1 aromatic heterocycles. The fourth-order valence-corrected chi connectivity index (χ4v) is 3.53. The van der Waals surface area contributed by atoms with Gasteiger partial charge in [-0.15, -0.1) is 6.58 Å². The smallest absolute Gasteiger partial charge is 0.252 e. The van der Waals surface area contributed by atoms with Crippen LogP contribution in [0.3, 0.4) is 0 Å². The maximum atomic E-state index is 12.3. The first-order valence-corrected chi connectivity index (χ1v) is 8.42. The van der Waals surface area contributed by atoms with E-state index >= 15 is 0 Å². The lowest BCUT2D eigenvalue weighted by atomic mass is 10.1. The molecule has 0 aliphatic rings. The average Bonchev–Trinajstić information content (AvgIpc) is 2.93. The second-order valence-corrected chi connectivity index (χ2v) is 6.29.